The molecule has 1 heterocycles. The molecule has 0 spiro atoms. The number of carboxylic acids is 1. The van der Waals surface area contributed by atoms with Crippen LogP contribution in [0.15, 0.2) is 67.0 Å². The Labute approximate surface area is 205 Å². The van der Waals surface area contributed by atoms with Gasteiger partial charge >= 0.3 is 18.0 Å². The maximum Gasteiger partial charge on any atom is 0.434 e. The Hall–Kier alpha value is -4.48. The summed E-state index contributed by atoms with van der Waals surface area (Å²) in [5, 5.41) is 20.5. The standard InChI is InChI=1S/C24H25FN4O7/c1-27(24(32)36-15-18-5-3-2-4-6-18)21(22(30)31)13-17-7-9-20(10-8-17)35-16-19(25)14-28-12-11-26-23(28)29(33)34/h2-12,19,21H,13-16H2,1H3,(H,30,31)/t19?,21-/m0/s1. The van der Waals surface area contributed by atoms with Gasteiger partial charge in [0.1, 0.15) is 43.9 Å². The van der Waals surface area contributed by atoms with Crippen LogP contribution in [0.3, 0.4) is 0 Å². The molecule has 0 aliphatic rings. The van der Waals surface area contributed by atoms with Gasteiger partial charge < -0.3 is 24.7 Å². The monoisotopic (exact) mass is 500 g/mol. The van der Waals surface area contributed by atoms with Crippen LogP contribution >= 0.6 is 0 Å². The van der Waals surface area contributed by atoms with E-state index in [1.54, 1.807) is 48.5 Å². The molecule has 3 rings (SSSR count). The molecule has 3 aromatic rings. The molecule has 0 fully saturated rings. The average Bonchev–Trinajstić information content (AvgIpc) is 3.33. The number of carboxylic acid groups (broad SMARTS) is 1. The van der Waals surface area contributed by atoms with Gasteiger partial charge in [0.05, 0.1) is 0 Å². The van der Waals surface area contributed by atoms with E-state index in [0.717, 1.165) is 15.0 Å². The number of nitrogens with zero attached hydrogens (tertiary/aromatic N) is 4. The van der Waals surface area contributed by atoms with E-state index in [2.05, 4.69) is 4.98 Å². The van der Waals surface area contributed by atoms with Crippen LogP contribution < -0.4 is 4.74 Å². The highest BCUT2D eigenvalue weighted by molar-refractivity contribution is 5.80. The van der Waals surface area contributed by atoms with Gasteiger partial charge in [0.15, 0.2) is 6.17 Å². The van der Waals surface area contributed by atoms with Crippen LogP contribution in [-0.4, -0.2) is 62.4 Å². The van der Waals surface area contributed by atoms with Gasteiger partial charge in [-0.3, -0.25) is 4.90 Å². The van der Waals surface area contributed by atoms with E-state index >= 15 is 0 Å². The summed E-state index contributed by atoms with van der Waals surface area (Å²) in [6.07, 6.45) is 0.257. The van der Waals surface area contributed by atoms with Crippen LogP contribution in [0, 0.1) is 10.1 Å². The Morgan fingerprint density at radius 1 is 1.17 bits per heavy atom. The van der Waals surface area contributed by atoms with E-state index in [4.69, 9.17) is 9.47 Å². The smallest absolute Gasteiger partial charge is 0.434 e. The Kier molecular flexibility index (Phi) is 8.92. The molecule has 0 radical (unpaired) electrons. The number of nitro groups is 1. The highest BCUT2D eigenvalue weighted by Crippen LogP contribution is 2.17. The second-order valence-electron chi connectivity index (χ2n) is 7.90. The molecule has 1 N–H and O–H groups in total. The first-order chi connectivity index (χ1) is 17.2. The minimum absolute atomic E-state index is 0.0165. The maximum atomic E-state index is 14.3. The third kappa shape index (κ3) is 7.26. The Morgan fingerprint density at radius 2 is 1.86 bits per heavy atom. The van der Waals surface area contributed by atoms with E-state index in [9.17, 15) is 29.2 Å². The van der Waals surface area contributed by atoms with Crippen molar-refractivity contribution in [1.82, 2.24) is 14.5 Å². The van der Waals surface area contributed by atoms with Crippen molar-refractivity contribution in [1.29, 1.82) is 0 Å². The first-order valence-electron chi connectivity index (χ1n) is 10.9. The van der Waals surface area contributed by atoms with E-state index in [1.807, 2.05) is 6.07 Å². The Bertz CT molecular complexity index is 1170. The molecular formula is C24H25FN4O7. The number of carbonyl (C=O) groups excluding carboxylic acids is 1. The minimum atomic E-state index is -1.52. The molecule has 0 saturated heterocycles. The number of aromatic nitrogens is 2. The number of carbonyl (C=O) groups is 2. The summed E-state index contributed by atoms with van der Waals surface area (Å²) in [6.45, 7) is -0.615. The van der Waals surface area contributed by atoms with E-state index in [0.29, 0.717) is 11.3 Å². The van der Waals surface area contributed by atoms with Crippen LogP contribution in [0.5, 0.6) is 5.75 Å². The van der Waals surface area contributed by atoms with Crippen LogP contribution in [-0.2, 0) is 29.1 Å². The zero-order chi connectivity index (χ0) is 26.1. The molecule has 0 saturated carbocycles. The molecule has 0 aliphatic heterocycles. The number of hydrogen-bond acceptors (Lipinski definition) is 7. The molecule has 36 heavy (non-hydrogen) atoms. The van der Waals surface area contributed by atoms with Gasteiger partial charge in [-0.15, -0.1) is 0 Å². The van der Waals surface area contributed by atoms with Crippen LogP contribution in [0.4, 0.5) is 15.1 Å². The molecular weight excluding hydrogens is 475 g/mol. The van der Waals surface area contributed by atoms with E-state index in [1.165, 1.54) is 19.4 Å². The van der Waals surface area contributed by atoms with Crippen molar-refractivity contribution in [3.8, 4) is 5.75 Å². The number of likely N-dealkylation sites (N-methyl/N-ethyl adjacent to an activating group) is 1. The average molecular weight is 500 g/mol. The molecule has 11 nitrogen and oxygen atoms in total. The molecule has 1 unspecified atom stereocenters. The summed E-state index contributed by atoms with van der Waals surface area (Å²) < 4.78 is 26.0. The summed E-state index contributed by atoms with van der Waals surface area (Å²) >= 11 is 0. The molecule has 190 valence electrons. The Balaban J connectivity index is 1.51. The number of amides is 1. The number of aliphatic carboxylic acids is 1. The number of hydrogen-bond donors (Lipinski definition) is 1. The predicted octanol–water partition coefficient (Wildman–Crippen LogP) is 3.47. The summed E-state index contributed by atoms with van der Waals surface area (Å²) in [4.78, 5) is 38.9. The van der Waals surface area contributed by atoms with Crippen LogP contribution in [0.25, 0.3) is 0 Å². The first-order valence-corrected chi connectivity index (χ1v) is 10.9. The van der Waals surface area contributed by atoms with Crippen molar-refractivity contribution in [2.75, 3.05) is 13.7 Å². The fourth-order valence-corrected chi connectivity index (χ4v) is 3.35. The zero-order valence-corrected chi connectivity index (χ0v) is 19.4. The number of ether oxygens (including phenoxy) is 2. The largest absolute Gasteiger partial charge is 0.490 e. The van der Waals surface area contributed by atoms with Crippen LogP contribution in [0.1, 0.15) is 11.1 Å². The van der Waals surface area contributed by atoms with Gasteiger partial charge in [-0.05, 0) is 28.2 Å². The molecule has 0 aliphatic carbocycles. The first kappa shape index (κ1) is 26.1. The number of benzene rings is 2. The SMILES string of the molecule is CN(C(=O)OCc1ccccc1)[C@@H](Cc1ccc(OCC(F)Cn2ccnc2[N+](=O)[O-])cc1)C(=O)O. The lowest BCUT2D eigenvalue weighted by atomic mass is 10.1. The van der Waals surface area contributed by atoms with Crippen molar-refractivity contribution >= 4 is 18.0 Å². The summed E-state index contributed by atoms with van der Waals surface area (Å²) in [6, 6.07) is 14.2. The summed E-state index contributed by atoms with van der Waals surface area (Å²) in [7, 11) is 1.36. The van der Waals surface area contributed by atoms with Crippen molar-refractivity contribution in [3.05, 3.63) is 88.2 Å². The van der Waals surface area contributed by atoms with Crippen LogP contribution in [0.2, 0.25) is 0 Å². The lowest BCUT2D eigenvalue weighted by Gasteiger charge is -2.24. The number of imidazole rings is 1. The second kappa shape index (κ2) is 12.3. The number of alkyl halides is 1. The maximum absolute atomic E-state index is 14.3. The molecule has 12 heteroatoms. The van der Waals surface area contributed by atoms with Crippen molar-refractivity contribution in [3.63, 3.8) is 0 Å². The third-order valence-electron chi connectivity index (χ3n) is 5.28. The normalized spacial score (nSPS) is 12.4. The van der Waals surface area contributed by atoms with Gasteiger partial charge in [0.2, 0.25) is 0 Å². The van der Waals surface area contributed by atoms with E-state index in [-0.39, 0.29) is 26.2 Å². The van der Waals surface area contributed by atoms with Crippen molar-refractivity contribution < 1.29 is 33.5 Å². The quantitative estimate of drug-likeness (QED) is 0.295. The predicted molar refractivity (Wildman–Crippen MR) is 125 cm³/mol. The lowest BCUT2D eigenvalue weighted by Crippen LogP contribution is -2.44. The van der Waals surface area contributed by atoms with Crippen molar-refractivity contribution in [2.45, 2.75) is 31.8 Å². The summed E-state index contributed by atoms with van der Waals surface area (Å²) in [5.74, 6) is -1.31. The molecule has 2 aromatic carbocycles. The summed E-state index contributed by atoms with van der Waals surface area (Å²) in [5.41, 5.74) is 1.39. The molecule has 1 amide bonds. The Morgan fingerprint density at radius 3 is 2.50 bits per heavy atom. The molecule has 2 atom stereocenters. The zero-order valence-electron chi connectivity index (χ0n) is 19.4. The van der Waals surface area contributed by atoms with Gasteiger partial charge in [-0.25, -0.2) is 18.5 Å². The van der Waals surface area contributed by atoms with Gasteiger partial charge in [0.25, 0.3) is 0 Å². The lowest BCUT2D eigenvalue weighted by molar-refractivity contribution is -0.396. The highest BCUT2D eigenvalue weighted by Gasteiger charge is 2.28. The fraction of sp³-hybridized carbons (Fsp3) is 0.292. The fourth-order valence-electron chi connectivity index (χ4n) is 3.35. The molecule has 0 bridgehead atoms. The van der Waals surface area contributed by atoms with Crippen molar-refractivity contribution in [2.24, 2.45) is 0 Å². The minimum Gasteiger partial charge on any atom is -0.490 e. The highest BCUT2D eigenvalue weighted by atomic mass is 19.1. The molecule has 1 aromatic heterocycles. The van der Waals surface area contributed by atoms with Gasteiger partial charge in [-0.1, -0.05) is 47.4 Å². The number of rotatable bonds is 12. The second-order valence-corrected chi connectivity index (χ2v) is 7.90. The van der Waals surface area contributed by atoms with Gasteiger partial charge in [0, 0.05) is 13.5 Å². The number of halogens is 1. The topological polar surface area (TPSA) is 137 Å². The van der Waals surface area contributed by atoms with Gasteiger partial charge in [-0.2, -0.15) is 0 Å². The van der Waals surface area contributed by atoms with E-state index < -0.39 is 35.1 Å². The third-order valence-corrected chi connectivity index (χ3v) is 5.28.